The van der Waals surface area contributed by atoms with Gasteiger partial charge < -0.3 is 10.2 Å². The van der Waals surface area contributed by atoms with Gasteiger partial charge in [-0.1, -0.05) is 59.1 Å². The van der Waals surface area contributed by atoms with Crippen LogP contribution in [0.2, 0.25) is 10.0 Å². The standard InChI is InChI=1S/C36H28Cl2F4N4O7/c37-18-8-6-16(7-9-18)35-23(32(51)46(34(35)53)44-30-24(38)13-17(15-43-30)36(40,41)42)14-22-19(28(35)21-3-1-4-25(39)29(21)49)10-11-20-27(22)33(52)45(31(20)50)12-2-5-26(47)48/h1,3-4,6-10,13,15,20,22-23,27-28,49H,2,5,11-12,14H2,(H,43,44)(H,47,48). The van der Waals surface area contributed by atoms with Crippen molar-refractivity contribution in [2.45, 2.75) is 43.2 Å². The van der Waals surface area contributed by atoms with E-state index in [-0.39, 0.29) is 48.4 Å². The van der Waals surface area contributed by atoms with Gasteiger partial charge >= 0.3 is 12.1 Å². The number of amides is 4. The van der Waals surface area contributed by atoms with Crippen molar-refractivity contribution < 1.29 is 51.7 Å². The van der Waals surface area contributed by atoms with Crippen LogP contribution < -0.4 is 5.43 Å². The number of carbonyl (C=O) groups is 5. The maximum Gasteiger partial charge on any atom is 0.417 e. The Hall–Kier alpha value is -5.02. The quantitative estimate of drug-likeness (QED) is 0.140. The Morgan fingerprint density at radius 1 is 1.02 bits per heavy atom. The van der Waals surface area contributed by atoms with Crippen molar-refractivity contribution in [3.63, 3.8) is 0 Å². The number of likely N-dealkylation sites (tertiary alicyclic amines) is 1. The molecule has 3 heterocycles. The maximum atomic E-state index is 15.2. The fourth-order valence-corrected chi connectivity index (χ4v) is 8.90. The number of benzene rings is 2. The average Bonchev–Trinajstić information content (AvgIpc) is 3.47. The zero-order valence-electron chi connectivity index (χ0n) is 27.2. The molecule has 4 amide bonds. The van der Waals surface area contributed by atoms with Crippen LogP contribution in [0.1, 0.15) is 48.3 Å². The zero-order valence-corrected chi connectivity index (χ0v) is 28.8. The van der Waals surface area contributed by atoms with Gasteiger partial charge in [-0.2, -0.15) is 18.2 Å². The molecule has 2 aliphatic carbocycles. The summed E-state index contributed by atoms with van der Waals surface area (Å²) in [5.41, 5.74) is -0.141. The van der Waals surface area contributed by atoms with Gasteiger partial charge in [-0.3, -0.25) is 34.3 Å². The van der Waals surface area contributed by atoms with Crippen molar-refractivity contribution in [3.8, 4) is 5.75 Å². The Kier molecular flexibility index (Phi) is 9.00. The van der Waals surface area contributed by atoms with Crippen LogP contribution in [0.15, 0.2) is 66.4 Å². The molecule has 6 unspecified atom stereocenters. The molecule has 2 aromatic carbocycles. The first kappa shape index (κ1) is 36.3. The van der Waals surface area contributed by atoms with Crippen LogP contribution in [0.3, 0.4) is 0 Å². The lowest BCUT2D eigenvalue weighted by Crippen LogP contribution is -2.53. The number of carboxylic acid groups (broad SMARTS) is 1. The van der Waals surface area contributed by atoms with E-state index in [1.165, 1.54) is 36.4 Å². The van der Waals surface area contributed by atoms with E-state index in [9.17, 15) is 37.5 Å². The summed E-state index contributed by atoms with van der Waals surface area (Å²) in [5, 5.41) is 20.7. The Morgan fingerprint density at radius 2 is 1.74 bits per heavy atom. The number of aromatic hydroxyl groups is 1. The number of carbonyl (C=O) groups excluding carboxylic acids is 4. The fourth-order valence-electron chi connectivity index (χ4n) is 8.57. The number of nitrogens with zero attached hydrogens (tertiary/aromatic N) is 3. The topological polar surface area (TPSA) is 157 Å². The Morgan fingerprint density at radius 3 is 2.40 bits per heavy atom. The predicted octanol–water partition coefficient (Wildman–Crippen LogP) is 6.10. The molecule has 0 radical (unpaired) electrons. The molecular weight excluding hydrogens is 747 g/mol. The first-order chi connectivity index (χ1) is 25.1. The van der Waals surface area contributed by atoms with Crippen molar-refractivity contribution in [2.75, 3.05) is 12.0 Å². The number of fused-ring (bicyclic) bond motifs is 4. The number of nitrogens with one attached hydrogen (secondary N) is 1. The van der Waals surface area contributed by atoms with Crippen molar-refractivity contribution in [3.05, 3.63) is 98.9 Å². The molecule has 276 valence electrons. The lowest BCUT2D eigenvalue weighted by atomic mass is 9.49. The number of hydrogen-bond acceptors (Lipinski definition) is 8. The lowest BCUT2D eigenvalue weighted by molar-refractivity contribution is -0.142. The first-order valence-electron chi connectivity index (χ1n) is 16.5. The van der Waals surface area contributed by atoms with E-state index in [2.05, 4.69) is 10.4 Å². The van der Waals surface area contributed by atoms with E-state index in [1.54, 1.807) is 6.08 Å². The molecule has 53 heavy (non-hydrogen) atoms. The third kappa shape index (κ3) is 5.71. The maximum absolute atomic E-state index is 15.2. The fraction of sp³-hybridized carbons (Fsp3) is 0.333. The summed E-state index contributed by atoms with van der Waals surface area (Å²) in [5.74, 6) is -11.8. The molecule has 6 atom stereocenters. The number of aromatic nitrogens is 1. The number of imide groups is 2. The van der Waals surface area contributed by atoms with Gasteiger partial charge in [0.2, 0.25) is 11.8 Å². The number of pyridine rings is 1. The Balaban J connectivity index is 1.40. The first-order valence-corrected chi connectivity index (χ1v) is 17.2. The summed E-state index contributed by atoms with van der Waals surface area (Å²) in [6.07, 6.45) is -3.12. The molecule has 1 saturated carbocycles. The summed E-state index contributed by atoms with van der Waals surface area (Å²) in [4.78, 5) is 73.3. The van der Waals surface area contributed by atoms with E-state index in [1.807, 2.05) is 0 Å². The second-order valence-electron chi connectivity index (χ2n) is 13.4. The predicted molar refractivity (Wildman–Crippen MR) is 179 cm³/mol. The highest BCUT2D eigenvalue weighted by Gasteiger charge is 2.70. The molecule has 4 aliphatic rings. The number of phenols is 1. The normalized spacial score (nSPS) is 26.7. The van der Waals surface area contributed by atoms with Crippen LogP contribution in [-0.2, 0) is 35.6 Å². The van der Waals surface area contributed by atoms with Crippen LogP contribution in [0.25, 0.3) is 0 Å². The van der Waals surface area contributed by atoms with Gasteiger partial charge in [-0.25, -0.2) is 9.37 Å². The van der Waals surface area contributed by atoms with Crippen molar-refractivity contribution in [2.24, 2.45) is 23.7 Å². The summed E-state index contributed by atoms with van der Waals surface area (Å²) in [6.45, 7) is -0.152. The number of hydrogen-bond donors (Lipinski definition) is 3. The van der Waals surface area contributed by atoms with Gasteiger partial charge in [-0.05, 0) is 55.0 Å². The third-order valence-electron chi connectivity index (χ3n) is 10.7. The number of alkyl halides is 3. The second-order valence-corrected chi connectivity index (χ2v) is 14.3. The smallest absolute Gasteiger partial charge is 0.417 e. The van der Waals surface area contributed by atoms with Crippen LogP contribution >= 0.6 is 23.2 Å². The van der Waals surface area contributed by atoms with Gasteiger partial charge in [0.05, 0.1) is 33.8 Å². The molecule has 3 aromatic rings. The van der Waals surface area contributed by atoms with E-state index in [4.69, 9.17) is 28.3 Å². The number of anilines is 1. The monoisotopic (exact) mass is 774 g/mol. The zero-order chi connectivity index (χ0) is 38.1. The van der Waals surface area contributed by atoms with Gasteiger partial charge in [0, 0.05) is 35.7 Å². The molecule has 2 aliphatic heterocycles. The van der Waals surface area contributed by atoms with E-state index >= 15 is 9.18 Å². The highest BCUT2D eigenvalue weighted by atomic mass is 35.5. The summed E-state index contributed by atoms with van der Waals surface area (Å²) in [6, 6.07) is 10.2. The number of carboxylic acids is 1. The molecular formula is C36H28Cl2F4N4O7. The van der Waals surface area contributed by atoms with Crippen LogP contribution in [-0.4, -0.2) is 61.2 Å². The van der Waals surface area contributed by atoms with E-state index < -0.39 is 98.7 Å². The molecule has 3 N–H and O–H groups in total. The number of hydrazine groups is 1. The second kappa shape index (κ2) is 13.1. The van der Waals surface area contributed by atoms with E-state index in [0.717, 1.165) is 11.0 Å². The number of aliphatic carboxylic acids is 1. The largest absolute Gasteiger partial charge is 0.505 e. The van der Waals surface area contributed by atoms with E-state index in [0.29, 0.717) is 22.8 Å². The summed E-state index contributed by atoms with van der Waals surface area (Å²) >= 11 is 12.4. The van der Waals surface area contributed by atoms with Gasteiger partial charge in [0.1, 0.15) is 0 Å². The number of allylic oxidation sites excluding steroid dienone is 2. The minimum absolute atomic E-state index is 0.00740. The molecule has 0 bridgehead atoms. The number of rotatable bonds is 8. The molecule has 11 nitrogen and oxygen atoms in total. The van der Waals surface area contributed by atoms with Crippen LogP contribution in [0, 0.1) is 29.5 Å². The highest BCUT2D eigenvalue weighted by molar-refractivity contribution is 6.33. The Bertz CT molecular complexity index is 2110. The number of para-hydroxylation sites is 1. The molecule has 1 aromatic heterocycles. The minimum Gasteiger partial charge on any atom is -0.505 e. The SMILES string of the molecule is O=C(O)CCCN1C(=O)C2CC=C3C(CC4C(=O)N(Nc5ncc(C(F)(F)F)cc5Cl)C(=O)C4(c4ccc(Cl)cc4)C3c3cccc(F)c3O)C2C1=O. The molecule has 0 spiro atoms. The van der Waals surface area contributed by atoms with Gasteiger partial charge in [-0.15, -0.1) is 0 Å². The van der Waals surface area contributed by atoms with Gasteiger partial charge in [0.25, 0.3) is 11.8 Å². The lowest BCUT2D eigenvalue weighted by Gasteiger charge is -2.50. The average molecular weight is 776 g/mol. The molecule has 17 heteroatoms. The molecule has 2 saturated heterocycles. The highest BCUT2D eigenvalue weighted by Crippen LogP contribution is 2.65. The number of phenolic OH excluding ortho intramolecular Hbond substituents is 1. The van der Waals surface area contributed by atoms with Crippen molar-refractivity contribution in [1.82, 2.24) is 14.9 Å². The molecule has 7 rings (SSSR count). The van der Waals surface area contributed by atoms with Crippen molar-refractivity contribution in [1.29, 1.82) is 0 Å². The molecule has 3 fully saturated rings. The summed E-state index contributed by atoms with van der Waals surface area (Å²) in [7, 11) is 0. The van der Waals surface area contributed by atoms with Crippen LogP contribution in [0.4, 0.5) is 23.4 Å². The number of halogens is 6. The van der Waals surface area contributed by atoms with Gasteiger partial charge in [0.15, 0.2) is 17.4 Å². The Labute approximate surface area is 308 Å². The third-order valence-corrected chi connectivity index (χ3v) is 11.3. The van der Waals surface area contributed by atoms with Crippen molar-refractivity contribution >= 4 is 58.6 Å². The van der Waals surface area contributed by atoms with Crippen LogP contribution in [0.5, 0.6) is 5.75 Å². The minimum atomic E-state index is -4.80. The summed E-state index contributed by atoms with van der Waals surface area (Å²) < 4.78 is 55.4.